The summed E-state index contributed by atoms with van der Waals surface area (Å²) in [4.78, 5) is 35.8. The van der Waals surface area contributed by atoms with Crippen LogP contribution >= 0.6 is 11.6 Å². The predicted octanol–water partition coefficient (Wildman–Crippen LogP) is 4.54. The largest absolute Gasteiger partial charge is 0.344 e. The van der Waals surface area contributed by atoms with Gasteiger partial charge in [-0.3, -0.25) is 14.6 Å². The Hall–Kier alpha value is -3.84. The minimum atomic E-state index is -0.483. The van der Waals surface area contributed by atoms with Gasteiger partial charge in [-0.15, -0.1) is 0 Å². The number of carbonyl (C=O) groups is 2. The fraction of sp³-hybridized carbons (Fsp3) is 0.0435. The van der Waals surface area contributed by atoms with E-state index in [-0.39, 0.29) is 28.6 Å². The molecule has 8 heteroatoms. The van der Waals surface area contributed by atoms with Crippen LogP contribution < -0.4 is 5.32 Å². The Bertz CT molecular complexity index is 1220. The quantitative estimate of drug-likeness (QED) is 0.436. The number of hydrogen-bond acceptors (Lipinski definition) is 4. The molecule has 6 nitrogen and oxygen atoms in total. The first-order valence-corrected chi connectivity index (χ1v) is 9.73. The van der Waals surface area contributed by atoms with E-state index in [1.165, 1.54) is 24.4 Å². The van der Waals surface area contributed by atoms with Gasteiger partial charge in [-0.25, -0.2) is 9.37 Å². The van der Waals surface area contributed by atoms with E-state index in [1.807, 2.05) is 6.07 Å². The molecule has 0 saturated heterocycles. The smallest absolute Gasteiger partial charge is 0.270 e. The molecule has 0 atom stereocenters. The molecule has 0 unspecified atom stereocenters. The zero-order valence-corrected chi connectivity index (χ0v) is 16.9. The Labute approximate surface area is 182 Å². The SMILES string of the molecule is O=C(CNC(=O)c1ccc(-c2c[nH]c(-c3c(F)cccc3Cl)n2)cn1)c1ccccc1. The van der Waals surface area contributed by atoms with Gasteiger partial charge in [0.2, 0.25) is 0 Å². The van der Waals surface area contributed by atoms with Gasteiger partial charge in [0, 0.05) is 23.5 Å². The maximum Gasteiger partial charge on any atom is 0.270 e. The van der Waals surface area contributed by atoms with Crippen molar-refractivity contribution in [1.29, 1.82) is 0 Å². The molecule has 4 aromatic rings. The summed E-state index contributed by atoms with van der Waals surface area (Å²) in [7, 11) is 0. The first-order chi connectivity index (χ1) is 15.0. The number of H-pyrrole nitrogens is 1. The zero-order chi connectivity index (χ0) is 21.8. The maximum absolute atomic E-state index is 14.1. The summed E-state index contributed by atoms with van der Waals surface area (Å²) < 4.78 is 14.1. The van der Waals surface area contributed by atoms with Gasteiger partial charge < -0.3 is 10.3 Å². The van der Waals surface area contributed by atoms with Crippen molar-refractivity contribution in [1.82, 2.24) is 20.3 Å². The van der Waals surface area contributed by atoms with Crippen LogP contribution in [0.5, 0.6) is 0 Å². The standard InChI is InChI=1S/C23H16ClFN4O2/c24-16-7-4-8-17(25)21(16)22-27-12-19(29-22)15-9-10-18(26-11-15)23(31)28-13-20(30)14-5-2-1-3-6-14/h1-12H,13H2,(H,27,29)(H,28,31). The van der Waals surface area contributed by atoms with Crippen molar-refractivity contribution in [3.8, 4) is 22.6 Å². The fourth-order valence-electron chi connectivity index (χ4n) is 2.98. The number of imidazole rings is 1. The zero-order valence-electron chi connectivity index (χ0n) is 16.1. The molecule has 154 valence electrons. The van der Waals surface area contributed by atoms with Crippen LogP contribution in [0.3, 0.4) is 0 Å². The lowest BCUT2D eigenvalue weighted by molar-refractivity contribution is 0.0901. The number of amides is 1. The van der Waals surface area contributed by atoms with Gasteiger partial charge in [0.15, 0.2) is 5.78 Å². The highest BCUT2D eigenvalue weighted by atomic mass is 35.5. The number of carbonyl (C=O) groups excluding carboxylic acids is 2. The van der Waals surface area contributed by atoms with Crippen LogP contribution in [0.4, 0.5) is 4.39 Å². The first-order valence-electron chi connectivity index (χ1n) is 9.35. The third-order valence-corrected chi connectivity index (χ3v) is 4.89. The molecule has 0 spiro atoms. The number of ketones is 1. The van der Waals surface area contributed by atoms with E-state index in [0.717, 1.165) is 0 Å². The number of benzene rings is 2. The molecule has 2 aromatic heterocycles. The van der Waals surface area contributed by atoms with Crippen molar-refractivity contribution < 1.29 is 14.0 Å². The monoisotopic (exact) mass is 434 g/mol. The summed E-state index contributed by atoms with van der Waals surface area (Å²) in [5.41, 5.74) is 2.02. The molecule has 0 aliphatic carbocycles. The first kappa shape index (κ1) is 20.4. The highest BCUT2D eigenvalue weighted by molar-refractivity contribution is 6.33. The lowest BCUT2D eigenvalue weighted by atomic mass is 10.1. The summed E-state index contributed by atoms with van der Waals surface area (Å²) >= 11 is 6.09. The summed E-state index contributed by atoms with van der Waals surface area (Å²) in [6.07, 6.45) is 3.09. The number of hydrogen-bond donors (Lipinski definition) is 2. The van der Waals surface area contributed by atoms with Crippen molar-refractivity contribution in [3.63, 3.8) is 0 Å². The van der Waals surface area contributed by atoms with E-state index >= 15 is 0 Å². The van der Waals surface area contributed by atoms with Crippen LogP contribution in [0.2, 0.25) is 5.02 Å². The van der Waals surface area contributed by atoms with Gasteiger partial charge in [-0.2, -0.15) is 0 Å². The van der Waals surface area contributed by atoms with E-state index in [9.17, 15) is 14.0 Å². The molecule has 1 amide bonds. The second-order valence-corrected chi connectivity index (χ2v) is 7.04. The number of aromatic nitrogens is 3. The summed E-state index contributed by atoms with van der Waals surface area (Å²) in [5, 5.41) is 2.81. The Morgan fingerprint density at radius 3 is 2.55 bits per heavy atom. The fourth-order valence-corrected chi connectivity index (χ4v) is 3.23. The van der Waals surface area contributed by atoms with Gasteiger partial charge in [0.1, 0.15) is 17.3 Å². The summed E-state index contributed by atoms with van der Waals surface area (Å²) in [6.45, 7) is -0.127. The Morgan fingerprint density at radius 1 is 1.03 bits per heavy atom. The van der Waals surface area contributed by atoms with E-state index in [4.69, 9.17) is 11.6 Å². The van der Waals surface area contributed by atoms with E-state index in [2.05, 4.69) is 20.3 Å². The molecule has 0 radical (unpaired) electrons. The number of nitrogens with one attached hydrogen (secondary N) is 2. The van der Waals surface area contributed by atoms with Crippen molar-refractivity contribution >= 4 is 23.3 Å². The molecule has 2 heterocycles. The molecule has 0 aliphatic rings. The Balaban J connectivity index is 1.44. The molecule has 0 bridgehead atoms. The third kappa shape index (κ3) is 4.51. The summed E-state index contributed by atoms with van der Waals surface area (Å²) in [6, 6.07) is 16.3. The third-order valence-electron chi connectivity index (χ3n) is 4.57. The molecule has 2 aromatic carbocycles. The molecule has 31 heavy (non-hydrogen) atoms. The van der Waals surface area contributed by atoms with Gasteiger partial charge in [0.05, 0.1) is 22.8 Å². The minimum absolute atomic E-state index is 0.127. The highest BCUT2D eigenvalue weighted by Gasteiger charge is 2.15. The number of aromatic amines is 1. The van der Waals surface area contributed by atoms with Crippen LogP contribution in [0.25, 0.3) is 22.6 Å². The van der Waals surface area contributed by atoms with Crippen molar-refractivity contribution in [2.75, 3.05) is 6.54 Å². The lowest BCUT2D eigenvalue weighted by Gasteiger charge is -2.05. The number of rotatable bonds is 6. The average molecular weight is 435 g/mol. The summed E-state index contributed by atoms with van der Waals surface area (Å²) in [5.74, 6) is -0.846. The molecule has 4 rings (SSSR count). The van der Waals surface area contributed by atoms with Crippen molar-refractivity contribution in [2.45, 2.75) is 0 Å². The van der Waals surface area contributed by atoms with Crippen molar-refractivity contribution in [2.24, 2.45) is 0 Å². The second-order valence-electron chi connectivity index (χ2n) is 6.63. The number of halogens is 2. The molecule has 0 fully saturated rings. The second kappa shape index (κ2) is 8.89. The highest BCUT2D eigenvalue weighted by Crippen LogP contribution is 2.30. The number of pyridine rings is 1. The molecule has 0 saturated carbocycles. The lowest BCUT2D eigenvalue weighted by Crippen LogP contribution is -2.30. The van der Waals surface area contributed by atoms with Crippen LogP contribution in [-0.2, 0) is 0 Å². The van der Waals surface area contributed by atoms with Crippen LogP contribution in [0.1, 0.15) is 20.8 Å². The van der Waals surface area contributed by atoms with Crippen LogP contribution in [-0.4, -0.2) is 33.2 Å². The predicted molar refractivity (Wildman–Crippen MR) is 115 cm³/mol. The van der Waals surface area contributed by atoms with Gasteiger partial charge in [0.25, 0.3) is 5.91 Å². The van der Waals surface area contributed by atoms with Gasteiger partial charge in [-0.05, 0) is 24.3 Å². The van der Waals surface area contributed by atoms with Gasteiger partial charge in [-0.1, -0.05) is 48.0 Å². The maximum atomic E-state index is 14.1. The molecular formula is C23H16ClFN4O2. The van der Waals surface area contributed by atoms with E-state index in [0.29, 0.717) is 22.6 Å². The van der Waals surface area contributed by atoms with E-state index < -0.39 is 11.7 Å². The average Bonchev–Trinajstić information content (AvgIpc) is 3.27. The normalized spacial score (nSPS) is 10.6. The van der Waals surface area contributed by atoms with Crippen molar-refractivity contribution in [3.05, 3.63) is 95.2 Å². The number of Topliss-reactive ketones (excluding diaryl/α,β-unsaturated/α-hetero) is 1. The van der Waals surface area contributed by atoms with Crippen LogP contribution in [0, 0.1) is 5.82 Å². The number of nitrogens with zero attached hydrogens (tertiary/aromatic N) is 2. The molecular weight excluding hydrogens is 419 g/mol. The Kier molecular flexibility index (Phi) is 5.86. The van der Waals surface area contributed by atoms with E-state index in [1.54, 1.807) is 42.6 Å². The topological polar surface area (TPSA) is 87.7 Å². The Morgan fingerprint density at radius 2 is 1.84 bits per heavy atom. The van der Waals surface area contributed by atoms with Crippen LogP contribution in [0.15, 0.2) is 73.1 Å². The minimum Gasteiger partial charge on any atom is -0.344 e. The molecule has 2 N–H and O–H groups in total. The van der Waals surface area contributed by atoms with Gasteiger partial charge >= 0.3 is 0 Å². The molecule has 0 aliphatic heterocycles.